The van der Waals surface area contributed by atoms with Gasteiger partial charge in [-0.2, -0.15) is 9.40 Å². The molecule has 28 heavy (non-hydrogen) atoms. The zero-order valence-corrected chi connectivity index (χ0v) is 17.9. The molecule has 1 N–H and O–H groups in total. The summed E-state index contributed by atoms with van der Waals surface area (Å²) in [7, 11) is -7.37. The van der Waals surface area contributed by atoms with Crippen LogP contribution in [-0.2, 0) is 26.6 Å². The van der Waals surface area contributed by atoms with E-state index in [-0.39, 0.29) is 9.79 Å². The molecule has 10 heteroatoms. The molecule has 1 saturated heterocycles. The van der Waals surface area contributed by atoms with Crippen molar-refractivity contribution >= 4 is 25.7 Å². The van der Waals surface area contributed by atoms with E-state index in [1.54, 1.807) is 11.6 Å². The molecule has 0 unspecified atom stereocenters. The van der Waals surface area contributed by atoms with Crippen molar-refractivity contribution in [2.24, 2.45) is 5.92 Å². The molecular formula is C18H26N4O4S2. The minimum Gasteiger partial charge on any atom is -0.280 e. The smallest absolute Gasteiger partial charge is 0.265 e. The Balaban J connectivity index is 1.80. The summed E-state index contributed by atoms with van der Waals surface area (Å²) in [6.45, 7) is 7.22. The number of aromatic nitrogens is 2. The highest BCUT2D eigenvalue weighted by Crippen LogP contribution is 2.25. The number of rotatable bonds is 6. The number of sulfonamides is 2. The number of benzene rings is 1. The number of aryl methyl sites for hydroxylation is 1. The van der Waals surface area contributed by atoms with Crippen LogP contribution in [0.25, 0.3) is 0 Å². The minimum atomic E-state index is -3.80. The fraction of sp³-hybridized carbons (Fsp3) is 0.500. The molecule has 1 fully saturated rings. The first-order valence-corrected chi connectivity index (χ1v) is 12.2. The van der Waals surface area contributed by atoms with E-state index in [9.17, 15) is 16.8 Å². The summed E-state index contributed by atoms with van der Waals surface area (Å²) in [5.74, 6) is 0.335. The highest BCUT2D eigenvalue weighted by molar-refractivity contribution is 7.92. The SMILES string of the molecule is CCn1ncc(S(=O)(=O)Nc2ccc(S(=O)(=O)N3CCC[C@H](C)C3)cc2)c1C. The third kappa shape index (κ3) is 4.08. The molecule has 1 aliphatic rings. The molecule has 1 aromatic carbocycles. The minimum absolute atomic E-state index is 0.105. The van der Waals surface area contributed by atoms with Gasteiger partial charge >= 0.3 is 0 Å². The molecule has 154 valence electrons. The Morgan fingerprint density at radius 3 is 2.43 bits per heavy atom. The van der Waals surface area contributed by atoms with Crippen LogP contribution in [0.15, 0.2) is 40.3 Å². The number of piperidine rings is 1. The fourth-order valence-corrected chi connectivity index (χ4v) is 6.27. The second-order valence-corrected chi connectivity index (χ2v) is 10.7. The standard InChI is InChI=1S/C18H26N4O4S2/c1-4-22-15(3)18(12-19-22)27(23,24)20-16-7-9-17(10-8-16)28(25,26)21-11-5-6-14(2)13-21/h7-10,12,14,20H,4-6,11,13H2,1-3H3/t14-/m0/s1. The Kier molecular flexibility index (Phi) is 5.83. The Labute approximate surface area is 166 Å². The number of nitrogens with zero attached hydrogens (tertiary/aromatic N) is 3. The van der Waals surface area contributed by atoms with Crippen LogP contribution in [0, 0.1) is 12.8 Å². The first-order chi connectivity index (χ1) is 13.1. The molecule has 3 rings (SSSR count). The number of nitrogens with one attached hydrogen (secondary N) is 1. The molecule has 0 saturated carbocycles. The molecule has 0 amide bonds. The molecule has 0 spiro atoms. The van der Waals surface area contributed by atoms with E-state index < -0.39 is 20.0 Å². The van der Waals surface area contributed by atoms with Crippen molar-refractivity contribution in [2.45, 2.75) is 49.9 Å². The van der Waals surface area contributed by atoms with E-state index >= 15 is 0 Å². The van der Waals surface area contributed by atoms with Crippen LogP contribution in [0.4, 0.5) is 5.69 Å². The summed E-state index contributed by atoms with van der Waals surface area (Å²) in [6, 6.07) is 5.82. The Morgan fingerprint density at radius 2 is 1.86 bits per heavy atom. The van der Waals surface area contributed by atoms with E-state index in [1.165, 1.54) is 34.8 Å². The Bertz CT molecular complexity index is 1040. The molecule has 0 bridgehead atoms. The van der Waals surface area contributed by atoms with Crippen LogP contribution in [0.5, 0.6) is 0 Å². The van der Waals surface area contributed by atoms with E-state index in [1.807, 2.05) is 13.8 Å². The predicted molar refractivity (Wildman–Crippen MR) is 107 cm³/mol. The lowest BCUT2D eigenvalue weighted by Gasteiger charge is -2.30. The predicted octanol–water partition coefficient (Wildman–Crippen LogP) is 2.43. The molecule has 8 nitrogen and oxygen atoms in total. The summed E-state index contributed by atoms with van der Waals surface area (Å²) >= 11 is 0. The zero-order chi connectivity index (χ0) is 20.5. The third-order valence-electron chi connectivity index (χ3n) is 5.01. The van der Waals surface area contributed by atoms with Gasteiger partial charge in [0.15, 0.2) is 0 Å². The van der Waals surface area contributed by atoms with Gasteiger partial charge < -0.3 is 0 Å². The van der Waals surface area contributed by atoms with Gasteiger partial charge in [0.1, 0.15) is 4.90 Å². The summed E-state index contributed by atoms with van der Waals surface area (Å²) in [6.07, 6.45) is 3.20. The van der Waals surface area contributed by atoms with Crippen molar-refractivity contribution in [3.8, 4) is 0 Å². The van der Waals surface area contributed by atoms with Crippen molar-refractivity contribution in [3.05, 3.63) is 36.2 Å². The average Bonchev–Trinajstić information content (AvgIpc) is 3.03. The fourth-order valence-electron chi connectivity index (χ4n) is 3.43. The Morgan fingerprint density at radius 1 is 1.18 bits per heavy atom. The van der Waals surface area contributed by atoms with E-state index in [4.69, 9.17) is 0 Å². The van der Waals surface area contributed by atoms with Gasteiger partial charge in [0.05, 0.1) is 16.8 Å². The van der Waals surface area contributed by atoms with Gasteiger partial charge in [0, 0.05) is 25.3 Å². The average molecular weight is 427 g/mol. The van der Waals surface area contributed by atoms with Crippen molar-refractivity contribution < 1.29 is 16.8 Å². The first-order valence-electron chi connectivity index (χ1n) is 9.30. The second kappa shape index (κ2) is 7.84. The third-order valence-corrected chi connectivity index (χ3v) is 8.37. The van der Waals surface area contributed by atoms with Crippen LogP contribution >= 0.6 is 0 Å². The van der Waals surface area contributed by atoms with Gasteiger partial charge in [0.25, 0.3) is 10.0 Å². The van der Waals surface area contributed by atoms with E-state index in [2.05, 4.69) is 9.82 Å². The molecule has 1 atom stereocenters. The number of hydrogen-bond donors (Lipinski definition) is 1. The molecule has 2 aromatic rings. The quantitative estimate of drug-likeness (QED) is 0.764. The maximum atomic E-state index is 12.8. The van der Waals surface area contributed by atoms with Crippen molar-refractivity contribution in [3.63, 3.8) is 0 Å². The van der Waals surface area contributed by atoms with Crippen LogP contribution in [0.1, 0.15) is 32.4 Å². The van der Waals surface area contributed by atoms with Crippen LogP contribution in [0.3, 0.4) is 0 Å². The molecule has 1 aromatic heterocycles. The van der Waals surface area contributed by atoms with Gasteiger partial charge in [-0.05, 0) is 56.9 Å². The van der Waals surface area contributed by atoms with Gasteiger partial charge in [-0.15, -0.1) is 0 Å². The maximum Gasteiger partial charge on any atom is 0.265 e. The molecule has 2 heterocycles. The highest BCUT2D eigenvalue weighted by Gasteiger charge is 2.28. The summed E-state index contributed by atoms with van der Waals surface area (Å²) in [4.78, 5) is 0.271. The van der Waals surface area contributed by atoms with Gasteiger partial charge in [-0.1, -0.05) is 6.92 Å². The molecular weight excluding hydrogens is 400 g/mol. The summed E-state index contributed by atoms with van der Waals surface area (Å²) in [5, 5.41) is 4.06. The Hall–Kier alpha value is -1.91. The van der Waals surface area contributed by atoms with E-state index in [0.29, 0.717) is 36.9 Å². The lowest BCUT2D eigenvalue weighted by atomic mass is 10.0. The largest absolute Gasteiger partial charge is 0.280 e. The second-order valence-electron chi connectivity index (χ2n) is 7.15. The monoisotopic (exact) mass is 426 g/mol. The van der Waals surface area contributed by atoms with Crippen LogP contribution < -0.4 is 4.72 Å². The number of anilines is 1. The topological polar surface area (TPSA) is 101 Å². The van der Waals surface area contributed by atoms with Crippen molar-refractivity contribution in [1.29, 1.82) is 0 Å². The summed E-state index contributed by atoms with van der Waals surface area (Å²) < 4.78 is 56.5. The van der Waals surface area contributed by atoms with Gasteiger partial charge in [-0.25, -0.2) is 16.8 Å². The maximum absolute atomic E-state index is 12.8. The zero-order valence-electron chi connectivity index (χ0n) is 16.3. The van der Waals surface area contributed by atoms with E-state index in [0.717, 1.165) is 12.8 Å². The summed E-state index contributed by atoms with van der Waals surface area (Å²) in [5.41, 5.74) is 0.850. The van der Waals surface area contributed by atoms with Crippen LogP contribution in [-0.4, -0.2) is 44.0 Å². The number of hydrogen-bond acceptors (Lipinski definition) is 5. The molecule has 0 radical (unpaired) electrons. The normalized spacial score (nSPS) is 18.9. The first kappa shape index (κ1) is 20.8. The lowest BCUT2D eigenvalue weighted by Crippen LogP contribution is -2.39. The molecule has 0 aliphatic carbocycles. The van der Waals surface area contributed by atoms with Gasteiger partial charge in [-0.3, -0.25) is 9.40 Å². The van der Waals surface area contributed by atoms with Crippen molar-refractivity contribution in [2.75, 3.05) is 17.8 Å². The molecule has 1 aliphatic heterocycles. The highest BCUT2D eigenvalue weighted by atomic mass is 32.2. The lowest BCUT2D eigenvalue weighted by molar-refractivity contribution is 0.281. The van der Waals surface area contributed by atoms with Crippen molar-refractivity contribution in [1.82, 2.24) is 14.1 Å². The van der Waals surface area contributed by atoms with Gasteiger partial charge in [0.2, 0.25) is 10.0 Å². The van der Waals surface area contributed by atoms with Crippen LogP contribution in [0.2, 0.25) is 0 Å².